The molecule has 3 unspecified atom stereocenters. The van der Waals surface area contributed by atoms with Crippen molar-refractivity contribution in [1.82, 2.24) is 15.5 Å². The first-order chi connectivity index (χ1) is 18.0. The van der Waals surface area contributed by atoms with Crippen molar-refractivity contribution in [3.05, 3.63) is 59.7 Å². The third-order valence-corrected chi connectivity index (χ3v) is 5.90. The van der Waals surface area contributed by atoms with Crippen molar-refractivity contribution in [2.75, 3.05) is 0 Å². The van der Waals surface area contributed by atoms with Crippen molar-refractivity contribution in [2.45, 2.75) is 97.5 Å². The van der Waals surface area contributed by atoms with Crippen molar-refractivity contribution in [3.8, 4) is 11.5 Å². The number of hydrogen-bond acceptors (Lipinski definition) is 6. The van der Waals surface area contributed by atoms with Crippen molar-refractivity contribution in [2.24, 2.45) is 0 Å². The summed E-state index contributed by atoms with van der Waals surface area (Å²) in [6.45, 7) is 14.5. The predicted molar refractivity (Wildman–Crippen MR) is 150 cm³/mol. The summed E-state index contributed by atoms with van der Waals surface area (Å²) < 4.78 is 5.44. The SMILES string of the molecule is CCC(C)N(C(=O)C(Cc1ccc(O)cc1)NC(=O)OC(C)(C)C)C(C(=O)NC(C)(C)C)c1cccc(O)c1. The minimum Gasteiger partial charge on any atom is -0.508 e. The highest BCUT2D eigenvalue weighted by Crippen LogP contribution is 2.29. The van der Waals surface area contributed by atoms with E-state index in [4.69, 9.17) is 4.74 Å². The van der Waals surface area contributed by atoms with Gasteiger partial charge >= 0.3 is 6.09 Å². The Kier molecular flexibility index (Phi) is 10.4. The zero-order chi connectivity index (χ0) is 29.5. The topological polar surface area (TPSA) is 128 Å². The molecule has 0 bridgehead atoms. The molecular formula is C30H43N3O6. The molecule has 0 saturated heterocycles. The zero-order valence-corrected chi connectivity index (χ0v) is 24.2. The number of benzene rings is 2. The number of carbonyl (C=O) groups is 3. The van der Waals surface area contributed by atoms with Gasteiger partial charge in [0, 0.05) is 18.0 Å². The number of alkyl carbamates (subject to hydrolysis) is 1. The van der Waals surface area contributed by atoms with E-state index in [0.29, 0.717) is 17.5 Å². The molecule has 2 aromatic carbocycles. The lowest BCUT2D eigenvalue weighted by molar-refractivity contribution is -0.145. The van der Waals surface area contributed by atoms with Gasteiger partial charge in [-0.25, -0.2) is 4.79 Å². The standard InChI is InChI=1S/C30H43N3O6/c1-9-19(2)33(25(26(36)32-29(3,4)5)21-11-10-12-23(35)18-21)27(37)24(31-28(38)39-30(6,7)8)17-20-13-15-22(34)16-14-20/h10-16,18-19,24-25,34-35H,9,17H2,1-8H3,(H,31,38)(H,32,36). The molecule has 9 nitrogen and oxygen atoms in total. The molecule has 214 valence electrons. The van der Waals surface area contributed by atoms with Crippen LogP contribution in [0.25, 0.3) is 0 Å². The molecule has 0 aliphatic heterocycles. The zero-order valence-electron chi connectivity index (χ0n) is 24.2. The lowest BCUT2D eigenvalue weighted by atomic mass is 9.97. The lowest BCUT2D eigenvalue weighted by Crippen LogP contribution is -2.57. The molecule has 3 atom stereocenters. The molecule has 0 aromatic heterocycles. The number of amides is 3. The fraction of sp³-hybridized carbons (Fsp3) is 0.500. The summed E-state index contributed by atoms with van der Waals surface area (Å²) in [6.07, 6.45) is -0.141. The third-order valence-electron chi connectivity index (χ3n) is 5.90. The number of nitrogens with zero attached hydrogens (tertiary/aromatic N) is 1. The molecule has 0 aliphatic carbocycles. The van der Waals surface area contributed by atoms with Crippen molar-refractivity contribution in [3.63, 3.8) is 0 Å². The van der Waals surface area contributed by atoms with Gasteiger partial charge in [0.2, 0.25) is 11.8 Å². The van der Waals surface area contributed by atoms with E-state index >= 15 is 0 Å². The summed E-state index contributed by atoms with van der Waals surface area (Å²) in [7, 11) is 0. The number of nitrogens with one attached hydrogen (secondary N) is 2. The van der Waals surface area contributed by atoms with E-state index in [-0.39, 0.29) is 17.9 Å². The Balaban J connectivity index is 2.61. The molecule has 2 aromatic rings. The molecule has 0 saturated carbocycles. The maximum Gasteiger partial charge on any atom is 0.408 e. The first kappa shape index (κ1) is 31.5. The van der Waals surface area contributed by atoms with Crippen LogP contribution < -0.4 is 10.6 Å². The number of carbonyl (C=O) groups excluding carboxylic acids is 3. The largest absolute Gasteiger partial charge is 0.508 e. The summed E-state index contributed by atoms with van der Waals surface area (Å²) in [5.41, 5.74) is -0.245. The monoisotopic (exact) mass is 541 g/mol. The van der Waals surface area contributed by atoms with Gasteiger partial charge in [0.15, 0.2) is 0 Å². The van der Waals surface area contributed by atoms with E-state index in [1.807, 2.05) is 34.6 Å². The molecule has 0 aliphatic rings. The molecule has 4 N–H and O–H groups in total. The van der Waals surface area contributed by atoms with Crippen LogP contribution in [0.1, 0.15) is 79.0 Å². The summed E-state index contributed by atoms with van der Waals surface area (Å²) in [5, 5.41) is 25.6. The first-order valence-electron chi connectivity index (χ1n) is 13.2. The van der Waals surface area contributed by atoms with Gasteiger partial charge in [-0.05, 0) is 90.3 Å². The number of ether oxygens (including phenoxy) is 1. The Morgan fingerprint density at radius 1 is 0.949 bits per heavy atom. The van der Waals surface area contributed by atoms with Crippen LogP contribution in [-0.2, 0) is 20.7 Å². The predicted octanol–water partition coefficient (Wildman–Crippen LogP) is 4.82. The van der Waals surface area contributed by atoms with E-state index in [9.17, 15) is 24.6 Å². The second-order valence-corrected chi connectivity index (χ2v) is 11.8. The van der Waals surface area contributed by atoms with Crippen LogP contribution in [0.5, 0.6) is 11.5 Å². The maximum atomic E-state index is 14.3. The number of hydrogen-bond donors (Lipinski definition) is 4. The highest BCUT2D eigenvalue weighted by Gasteiger charge is 2.39. The Labute approximate surface area is 231 Å². The fourth-order valence-electron chi connectivity index (χ4n) is 4.06. The Bertz CT molecular complexity index is 1130. The van der Waals surface area contributed by atoms with Crippen LogP contribution in [-0.4, -0.2) is 56.2 Å². The number of phenols is 2. The van der Waals surface area contributed by atoms with Gasteiger partial charge < -0.3 is 30.5 Å². The molecule has 9 heteroatoms. The minimum absolute atomic E-state index is 0.0369. The van der Waals surface area contributed by atoms with Crippen LogP contribution in [0, 0.1) is 0 Å². The smallest absolute Gasteiger partial charge is 0.408 e. The number of rotatable bonds is 9. The molecule has 2 rings (SSSR count). The summed E-state index contributed by atoms with van der Waals surface area (Å²) in [5.74, 6) is -0.862. The van der Waals surface area contributed by atoms with E-state index in [2.05, 4.69) is 10.6 Å². The Morgan fingerprint density at radius 3 is 2.08 bits per heavy atom. The van der Waals surface area contributed by atoms with Crippen LogP contribution >= 0.6 is 0 Å². The molecule has 39 heavy (non-hydrogen) atoms. The van der Waals surface area contributed by atoms with Gasteiger partial charge in [-0.3, -0.25) is 9.59 Å². The van der Waals surface area contributed by atoms with E-state index < -0.39 is 47.2 Å². The van der Waals surface area contributed by atoms with Gasteiger partial charge in [0.05, 0.1) is 0 Å². The summed E-state index contributed by atoms with van der Waals surface area (Å²) in [4.78, 5) is 42.4. The second-order valence-electron chi connectivity index (χ2n) is 11.8. The highest BCUT2D eigenvalue weighted by atomic mass is 16.6. The number of phenolic OH excluding ortho intramolecular Hbond substituents is 2. The van der Waals surface area contributed by atoms with Crippen molar-refractivity contribution < 1.29 is 29.3 Å². The Hall–Kier alpha value is -3.75. The van der Waals surface area contributed by atoms with Crippen molar-refractivity contribution in [1.29, 1.82) is 0 Å². The van der Waals surface area contributed by atoms with Crippen LogP contribution in [0.15, 0.2) is 48.5 Å². The summed E-state index contributed by atoms with van der Waals surface area (Å²) >= 11 is 0. The average molecular weight is 542 g/mol. The number of aromatic hydroxyl groups is 2. The molecule has 0 fully saturated rings. The molecular weight excluding hydrogens is 498 g/mol. The highest BCUT2D eigenvalue weighted by molar-refractivity contribution is 5.92. The Morgan fingerprint density at radius 2 is 1.56 bits per heavy atom. The molecule has 0 heterocycles. The average Bonchev–Trinajstić information content (AvgIpc) is 2.80. The second kappa shape index (κ2) is 12.9. The van der Waals surface area contributed by atoms with Crippen LogP contribution in [0.4, 0.5) is 4.79 Å². The summed E-state index contributed by atoms with van der Waals surface area (Å²) in [6, 6.07) is 10.0. The maximum absolute atomic E-state index is 14.3. The van der Waals surface area contributed by atoms with Gasteiger partial charge in [0.25, 0.3) is 0 Å². The lowest BCUT2D eigenvalue weighted by Gasteiger charge is -2.39. The molecule has 0 spiro atoms. The molecule has 0 radical (unpaired) electrons. The van der Waals surface area contributed by atoms with E-state index in [1.165, 1.54) is 29.2 Å². The normalized spacial score (nSPS) is 14.1. The fourth-order valence-corrected chi connectivity index (χ4v) is 4.06. The van der Waals surface area contributed by atoms with Gasteiger partial charge in [-0.15, -0.1) is 0 Å². The van der Waals surface area contributed by atoms with E-state index in [0.717, 1.165) is 0 Å². The van der Waals surface area contributed by atoms with Gasteiger partial charge in [0.1, 0.15) is 29.2 Å². The van der Waals surface area contributed by atoms with Crippen LogP contribution in [0.2, 0.25) is 0 Å². The van der Waals surface area contributed by atoms with Crippen molar-refractivity contribution >= 4 is 17.9 Å². The quantitative estimate of drug-likeness (QED) is 0.361. The first-order valence-corrected chi connectivity index (χ1v) is 13.2. The van der Waals surface area contributed by atoms with Gasteiger partial charge in [-0.2, -0.15) is 0 Å². The minimum atomic E-state index is -1.08. The van der Waals surface area contributed by atoms with Gasteiger partial charge in [-0.1, -0.05) is 31.2 Å². The van der Waals surface area contributed by atoms with E-state index in [1.54, 1.807) is 45.0 Å². The molecule has 3 amide bonds. The third kappa shape index (κ3) is 9.81. The van der Waals surface area contributed by atoms with Crippen LogP contribution in [0.3, 0.4) is 0 Å².